The van der Waals surface area contributed by atoms with Gasteiger partial charge in [0.15, 0.2) is 0 Å². The molecule has 2 N–H and O–H groups in total. The summed E-state index contributed by atoms with van der Waals surface area (Å²) < 4.78 is 0. The molecule has 2 heterocycles. The molecule has 1 saturated heterocycles. The van der Waals surface area contributed by atoms with E-state index in [1.807, 2.05) is 0 Å². The molecular formula is C8H13N5O. The van der Waals surface area contributed by atoms with Gasteiger partial charge in [0.1, 0.15) is 5.82 Å². The van der Waals surface area contributed by atoms with Crippen LogP contribution in [0.25, 0.3) is 0 Å². The van der Waals surface area contributed by atoms with Crippen molar-refractivity contribution in [3.8, 4) is 0 Å². The highest BCUT2D eigenvalue weighted by molar-refractivity contribution is 5.90. The van der Waals surface area contributed by atoms with E-state index in [1.165, 1.54) is 0 Å². The van der Waals surface area contributed by atoms with Crippen LogP contribution in [0.15, 0.2) is 0 Å². The summed E-state index contributed by atoms with van der Waals surface area (Å²) in [5.41, 5.74) is 0. The van der Waals surface area contributed by atoms with Crippen molar-refractivity contribution in [1.29, 1.82) is 0 Å². The Hall–Kier alpha value is -1.43. The third kappa shape index (κ3) is 1.74. The summed E-state index contributed by atoms with van der Waals surface area (Å²) in [6.07, 6.45) is 0. The quantitative estimate of drug-likeness (QED) is 0.612. The average Bonchev–Trinajstić information content (AvgIpc) is 2.65. The zero-order valence-electron chi connectivity index (χ0n) is 8.08. The summed E-state index contributed by atoms with van der Waals surface area (Å²) in [7, 11) is 0. The number of rotatable bonds is 1. The van der Waals surface area contributed by atoms with Crippen molar-refractivity contribution in [2.45, 2.75) is 6.92 Å². The van der Waals surface area contributed by atoms with Gasteiger partial charge in [-0.3, -0.25) is 9.89 Å². The van der Waals surface area contributed by atoms with E-state index >= 15 is 0 Å². The average molecular weight is 195 g/mol. The van der Waals surface area contributed by atoms with Gasteiger partial charge in [-0.2, -0.15) is 0 Å². The fourth-order valence-electron chi connectivity index (χ4n) is 1.45. The number of amides is 1. The molecule has 6 nitrogen and oxygen atoms in total. The highest BCUT2D eigenvalue weighted by atomic mass is 16.2. The Labute approximate surface area is 81.7 Å². The Kier molecular flexibility index (Phi) is 2.45. The topological polar surface area (TPSA) is 73.9 Å². The number of hydrogen-bond acceptors (Lipinski definition) is 4. The Bertz CT molecular complexity index is 328. The van der Waals surface area contributed by atoms with Gasteiger partial charge in [0.25, 0.3) is 5.91 Å². The van der Waals surface area contributed by atoms with Gasteiger partial charge in [-0.05, 0) is 6.92 Å². The smallest absolute Gasteiger partial charge is 0.293 e. The van der Waals surface area contributed by atoms with E-state index < -0.39 is 0 Å². The van der Waals surface area contributed by atoms with E-state index in [2.05, 4.69) is 20.5 Å². The van der Waals surface area contributed by atoms with Gasteiger partial charge < -0.3 is 10.2 Å². The third-order valence-electron chi connectivity index (χ3n) is 2.19. The number of aromatic amines is 1. The first-order chi connectivity index (χ1) is 6.77. The Balaban J connectivity index is 2.07. The molecule has 1 aromatic heterocycles. The molecule has 0 saturated carbocycles. The van der Waals surface area contributed by atoms with Crippen molar-refractivity contribution in [2.75, 3.05) is 26.2 Å². The van der Waals surface area contributed by atoms with Crippen LogP contribution in [-0.4, -0.2) is 52.2 Å². The molecule has 0 aliphatic carbocycles. The number of aryl methyl sites for hydroxylation is 1. The van der Waals surface area contributed by atoms with Crippen LogP contribution in [0.3, 0.4) is 0 Å². The molecule has 0 spiro atoms. The molecule has 0 aromatic carbocycles. The Morgan fingerprint density at radius 2 is 2.14 bits per heavy atom. The van der Waals surface area contributed by atoms with Crippen LogP contribution in [0.2, 0.25) is 0 Å². The van der Waals surface area contributed by atoms with Crippen LogP contribution in [0.5, 0.6) is 0 Å². The first kappa shape index (κ1) is 9.14. The van der Waals surface area contributed by atoms with Crippen LogP contribution < -0.4 is 5.32 Å². The Morgan fingerprint density at radius 1 is 1.43 bits per heavy atom. The van der Waals surface area contributed by atoms with Gasteiger partial charge in [-0.25, -0.2) is 4.98 Å². The Morgan fingerprint density at radius 3 is 2.71 bits per heavy atom. The lowest BCUT2D eigenvalue weighted by molar-refractivity contribution is 0.0724. The van der Waals surface area contributed by atoms with E-state index in [0.717, 1.165) is 26.2 Å². The predicted octanol–water partition coefficient (Wildman–Crippen LogP) is -0.841. The second-order valence-electron chi connectivity index (χ2n) is 3.29. The molecule has 1 fully saturated rings. The van der Waals surface area contributed by atoms with Crippen LogP contribution >= 0.6 is 0 Å². The molecule has 0 unspecified atom stereocenters. The van der Waals surface area contributed by atoms with Crippen molar-refractivity contribution < 1.29 is 4.79 Å². The summed E-state index contributed by atoms with van der Waals surface area (Å²) in [6, 6.07) is 0. The molecule has 1 aliphatic heterocycles. The summed E-state index contributed by atoms with van der Waals surface area (Å²) in [5, 5.41) is 9.69. The van der Waals surface area contributed by atoms with Gasteiger partial charge in [0.05, 0.1) is 0 Å². The maximum atomic E-state index is 11.8. The van der Waals surface area contributed by atoms with Crippen molar-refractivity contribution in [2.24, 2.45) is 0 Å². The molecule has 0 bridgehead atoms. The minimum absolute atomic E-state index is 0.0872. The molecule has 1 amide bonds. The van der Waals surface area contributed by atoms with Crippen LogP contribution in [-0.2, 0) is 0 Å². The zero-order valence-corrected chi connectivity index (χ0v) is 8.08. The fraction of sp³-hybridized carbons (Fsp3) is 0.625. The summed E-state index contributed by atoms with van der Waals surface area (Å²) >= 11 is 0. The lowest BCUT2D eigenvalue weighted by atomic mass is 10.3. The van der Waals surface area contributed by atoms with Crippen LogP contribution in [0, 0.1) is 6.92 Å². The maximum absolute atomic E-state index is 11.8. The number of hydrogen-bond donors (Lipinski definition) is 2. The van der Waals surface area contributed by atoms with Crippen LogP contribution in [0.4, 0.5) is 0 Å². The van der Waals surface area contributed by atoms with Crippen LogP contribution in [0.1, 0.15) is 16.4 Å². The van der Waals surface area contributed by atoms with Crippen molar-refractivity contribution in [3.05, 3.63) is 11.6 Å². The number of carbonyl (C=O) groups is 1. The molecule has 2 rings (SSSR count). The number of piperazine rings is 1. The lowest BCUT2D eigenvalue weighted by Crippen LogP contribution is -2.46. The molecule has 6 heteroatoms. The van der Waals surface area contributed by atoms with Crippen molar-refractivity contribution in [3.63, 3.8) is 0 Å². The second-order valence-corrected chi connectivity index (χ2v) is 3.29. The van der Waals surface area contributed by atoms with E-state index in [1.54, 1.807) is 11.8 Å². The molecule has 0 radical (unpaired) electrons. The van der Waals surface area contributed by atoms with Gasteiger partial charge in [0, 0.05) is 26.2 Å². The maximum Gasteiger partial charge on any atom is 0.293 e. The molecule has 0 atom stereocenters. The highest BCUT2D eigenvalue weighted by Crippen LogP contribution is 2.00. The number of nitrogens with one attached hydrogen (secondary N) is 2. The summed E-state index contributed by atoms with van der Waals surface area (Å²) in [6.45, 7) is 4.92. The van der Waals surface area contributed by atoms with Gasteiger partial charge in [-0.1, -0.05) is 0 Å². The minimum Gasteiger partial charge on any atom is -0.333 e. The molecule has 14 heavy (non-hydrogen) atoms. The molecule has 76 valence electrons. The standard InChI is InChI=1S/C8H13N5O/c1-6-10-7(12-11-6)8(14)13-4-2-9-3-5-13/h9H,2-5H2,1H3,(H,10,11,12). The molecule has 1 aliphatic rings. The van der Waals surface area contributed by atoms with Crippen molar-refractivity contribution in [1.82, 2.24) is 25.4 Å². The summed E-state index contributed by atoms with van der Waals surface area (Å²) in [4.78, 5) is 17.5. The van der Waals surface area contributed by atoms with E-state index in [9.17, 15) is 4.79 Å². The summed E-state index contributed by atoms with van der Waals surface area (Å²) in [5.74, 6) is 0.851. The fourth-order valence-corrected chi connectivity index (χ4v) is 1.45. The first-order valence-electron chi connectivity index (χ1n) is 4.66. The zero-order chi connectivity index (χ0) is 9.97. The van der Waals surface area contributed by atoms with Gasteiger partial charge in [0.2, 0.25) is 5.82 Å². The normalized spacial score (nSPS) is 17.1. The second kappa shape index (κ2) is 3.75. The van der Waals surface area contributed by atoms with E-state index in [-0.39, 0.29) is 11.7 Å². The number of aromatic nitrogens is 3. The minimum atomic E-state index is -0.0872. The largest absolute Gasteiger partial charge is 0.333 e. The van der Waals surface area contributed by atoms with Crippen molar-refractivity contribution >= 4 is 5.91 Å². The number of nitrogens with zero attached hydrogens (tertiary/aromatic N) is 3. The SMILES string of the molecule is Cc1nc(C(=O)N2CCNCC2)n[nH]1. The monoisotopic (exact) mass is 195 g/mol. The van der Waals surface area contributed by atoms with Gasteiger partial charge in [-0.15, -0.1) is 5.10 Å². The van der Waals surface area contributed by atoms with E-state index in [4.69, 9.17) is 0 Å². The lowest BCUT2D eigenvalue weighted by Gasteiger charge is -2.26. The molecular weight excluding hydrogens is 182 g/mol. The van der Waals surface area contributed by atoms with E-state index in [0.29, 0.717) is 5.82 Å². The highest BCUT2D eigenvalue weighted by Gasteiger charge is 2.20. The molecule has 1 aromatic rings. The first-order valence-corrected chi connectivity index (χ1v) is 4.66. The third-order valence-corrected chi connectivity index (χ3v) is 2.19. The number of H-pyrrole nitrogens is 1. The predicted molar refractivity (Wildman–Crippen MR) is 49.9 cm³/mol. The van der Waals surface area contributed by atoms with Gasteiger partial charge >= 0.3 is 0 Å². The number of carbonyl (C=O) groups excluding carboxylic acids is 1.